The van der Waals surface area contributed by atoms with Gasteiger partial charge >= 0.3 is 11.9 Å². The smallest absolute Gasteiger partial charge is 0.346 e. The molecule has 5 heteroatoms. The van der Waals surface area contributed by atoms with Gasteiger partial charge in [-0.3, -0.25) is 0 Å². The third-order valence-electron chi connectivity index (χ3n) is 2.23. The predicted octanol–water partition coefficient (Wildman–Crippen LogP) is 0.0229. The molecule has 0 radical (unpaired) electrons. The van der Waals surface area contributed by atoms with Crippen LogP contribution in [0.25, 0.3) is 0 Å². The molecule has 0 fully saturated rings. The van der Waals surface area contributed by atoms with Crippen molar-refractivity contribution in [3.05, 3.63) is 34.9 Å². The molecule has 0 saturated carbocycles. The van der Waals surface area contributed by atoms with Gasteiger partial charge in [-0.05, 0) is 17.7 Å². The van der Waals surface area contributed by atoms with Gasteiger partial charge < -0.3 is 14.9 Å². The fourth-order valence-corrected chi connectivity index (χ4v) is 1.42. The lowest BCUT2D eigenvalue weighted by Gasteiger charge is -2.07. The number of aliphatic hydroxyl groups excluding tert-OH is 2. The van der Waals surface area contributed by atoms with E-state index in [2.05, 4.69) is 4.74 Å². The molecule has 2 N–H and O–H groups in total. The molecule has 2 rings (SSSR count). The lowest BCUT2D eigenvalue weighted by Crippen LogP contribution is -2.04. The summed E-state index contributed by atoms with van der Waals surface area (Å²) < 4.78 is 4.38. The first-order valence-corrected chi connectivity index (χ1v) is 4.33. The van der Waals surface area contributed by atoms with Crippen molar-refractivity contribution in [2.24, 2.45) is 0 Å². The zero-order chi connectivity index (χ0) is 11.0. The van der Waals surface area contributed by atoms with Gasteiger partial charge in [0, 0.05) is 0 Å². The minimum atomic E-state index is -1.06. The largest absolute Gasteiger partial charge is 0.393 e. The van der Waals surface area contributed by atoms with E-state index in [9.17, 15) is 14.7 Å². The second-order valence-corrected chi connectivity index (χ2v) is 3.18. The van der Waals surface area contributed by atoms with Crippen LogP contribution in [0.15, 0.2) is 18.2 Å². The van der Waals surface area contributed by atoms with Gasteiger partial charge in [0.25, 0.3) is 0 Å². The van der Waals surface area contributed by atoms with Gasteiger partial charge in [0.2, 0.25) is 0 Å². The number of rotatable bonds is 2. The molecule has 15 heavy (non-hydrogen) atoms. The molecule has 0 amide bonds. The molecular formula is C10H8O5. The van der Waals surface area contributed by atoms with Crippen LogP contribution in [0, 0.1) is 0 Å². The highest BCUT2D eigenvalue weighted by Gasteiger charge is 2.30. The third-order valence-corrected chi connectivity index (χ3v) is 2.23. The molecule has 0 spiro atoms. The van der Waals surface area contributed by atoms with E-state index in [4.69, 9.17) is 5.11 Å². The quantitative estimate of drug-likeness (QED) is 0.529. The van der Waals surface area contributed by atoms with Crippen LogP contribution in [0.3, 0.4) is 0 Å². The first-order valence-electron chi connectivity index (χ1n) is 4.33. The zero-order valence-corrected chi connectivity index (χ0v) is 7.64. The molecule has 1 unspecified atom stereocenters. The lowest BCUT2D eigenvalue weighted by atomic mass is 10.0. The number of hydrogen-bond acceptors (Lipinski definition) is 5. The predicted molar refractivity (Wildman–Crippen MR) is 48.2 cm³/mol. The van der Waals surface area contributed by atoms with Crippen molar-refractivity contribution in [1.82, 2.24) is 0 Å². The van der Waals surface area contributed by atoms with E-state index in [1.165, 1.54) is 18.2 Å². The molecule has 1 aromatic carbocycles. The van der Waals surface area contributed by atoms with Crippen molar-refractivity contribution in [3.63, 3.8) is 0 Å². The summed E-state index contributed by atoms with van der Waals surface area (Å²) in [6, 6.07) is 4.22. The zero-order valence-electron chi connectivity index (χ0n) is 7.64. The Kier molecular flexibility index (Phi) is 2.26. The highest BCUT2D eigenvalue weighted by atomic mass is 16.6. The molecule has 1 heterocycles. The van der Waals surface area contributed by atoms with E-state index < -0.39 is 24.6 Å². The van der Waals surface area contributed by atoms with Gasteiger partial charge in [-0.25, -0.2) is 9.59 Å². The number of ether oxygens (including phenoxy) is 1. The van der Waals surface area contributed by atoms with Gasteiger partial charge in [-0.2, -0.15) is 0 Å². The number of benzene rings is 1. The van der Waals surface area contributed by atoms with Crippen molar-refractivity contribution in [2.45, 2.75) is 6.10 Å². The molecule has 78 valence electrons. The molecule has 0 aliphatic carbocycles. The van der Waals surface area contributed by atoms with Crippen LogP contribution in [0.4, 0.5) is 0 Å². The minimum absolute atomic E-state index is 0.130. The van der Waals surface area contributed by atoms with Crippen molar-refractivity contribution < 1.29 is 24.5 Å². The minimum Gasteiger partial charge on any atom is -0.393 e. The average molecular weight is 208 g/mol. The Morgan fingerprint density at radius 2 is 1.87 bits per heavy atom. The van der Waals surface area contributed by atoms with Crippen LogP contribution in [-0.2, 0) is 4.74 Å². The molecule has 0 saturated heterocycles. The van der Waals surface area contributed by atoms with Crippen LogP contribution in [0.5, 0.6) is 0 Å². The maximum atomic E-state index is 11.2. The second-order valence-electron chi connectivity index (χ2n) is 3.18. The van der Waals surface area contributed by atoms with E-state index in [1.54, 1.807) is 0 Å². The number of cyclic esters (lactones) is 2. The first-order chi connectivity index (χ1) is 7.13. The number of esters is 2. The number of aliphatic hydroxyl groups is 2. The first kappa shape index (κ1) is 9.82. The Hall–Kier alpha value is -1.72. The lowest BCUT2D eigenvalue weighted by molar-refractivity contribution is 0.0443. The van der Waals surface area contributed by atoms with E-state index in [-0.39, 0.29) is 11.1 Å². The Morgan fingerprint density at radius 3 is 2.53 bits per heavy atom. The van der Waals surface area contributed by atoms with Crippen LogP contribution in [0.2, 0.25) is 0 Å². The molecule has 0 bridgehead atoms. The fraction of sp³-hybridized carbons (Fsp3) is 0.200. The SMILES string of the molecule is O=C1OC(=O)c2cc(C(O)CO)ccc21. The van der Waals surface area contributed by atoms with Gasteiger partial charge in [0.15, 0.2) is 0 Å². The Balaban J connectivity index is 2.47. The molecule has 1 aromatic rings. The van der Waals surface area contributed by atoms with E-state index in [0.29, 0.717) is 5.56 Å². The molecule has 0 aromatic heterocycles. The summed E-state index contributed by atoms with van der Waals surface area (Å²) in [6.45, 7) is -0.443. The van der Waals surface area contributed by atoms with Crippen molar-refractivity contribution in [3.8, 4) is 0 Å². The molecule has 1 aliphatic heterocycles. The van der Waals surface area contributed by atoms with E-state index >= 15 is 0 Å². The summed E-state index contributed by atoms with van der Waals surface area (Å²) in [7, 11) is 0. The summed E-state index contributed by atoms with van der Waals surface area (Å²) in [6.07, 6.45) is -1.06. The van der Waals surface area contributed by atoms with Gasteiger partial charge in [-0.1, -0.05) is 6.07 Å². The number of fused-ring (bicyclic) bond motifs is 1. The van der Waals surface area contributed by atoms with Crippen molar-refractivity contribution >= 4 is 11.9 Å². The fourth-order valence-electron chi connectivity index (χ4n) is 1.42. The average Bonchev–Trinajstić information content (AvgIpc) is 2.53. The van der Waals surface area contributed by atoms with E-state index in [1.807, 2.05) is 0 Å². The molecule has 1 aliphatic rings. The molecular weight excluding hydrogens is 200 g/mol. The maximum Gasteiger partial charge on any atom is 0.346 e. The standard InChI is InChI=1S/C10H8O5/c11-4-8(12)5-1-2-6-7(3-5)10(14)15-9(6)13/h1-3,8,11-12H,4H2. The van der Waals surface area contributed by atoms with Crippen molar-refractivity contribution in [2.75, 3.05) is 6.61 Å². The van der Waals surface area contributed by atoms with Crippen LogP contribution in [0.1, 0.15) is 32.4 Å². The van der Waals surface area contributed by atoms with Crippen LogP contribution < -0.4 is 0 Å². The van der Waals surface area contributed by atoms with E-state index in [0.717, 1.165) is 0 Å². The molecule has 1 atom stereocenters. The van der Waals surface area contributed by atoms with Gasteiger partial charge in [0.05, 0.1) is 17.7 Å². The summed E-state index contributed by atoms with van der Waals surface area (Å²) in [5, 5.41) is 18.0. The summed E-state index contributed by atoms with van der Waals surface area (Å²) >= 11 is 0. The monoisotopic (exact) mass is 208 g/mol. The summed E-state index contributed by atoms with van der Waals surface area (Å²) in [5.74, 6) is -1.40. The Bertz CT molecular complexity index is 437. The number of carbonyl (C=O) groups excluding carboxylic acids is 2. The molecule has 5 nitrogen and oxygen atoms in total. The Morgan fingerprint density at radius 1 is 1.20 bits per heavy atom. The van der Waals surface area contributed by atoms with Crippen molar-refractivity contribution in [1.29, 1.82) is 0 Å². The highest BCUT2D eigenvalue weighted by Crippen LogP contribution is 2.23. The van der Waals surface area contributed by atoms with Gasteiger partial charge in [-0.15, -0.1) is 0 Å². The third kappa shape index (κ3) is 1.51. The topological polar surface area (TPSA) is 83.8 Å². The number of carbonyl (C=O) groups is 2. The summed E-state index contributed by atoms with van der Waals surface area (Å²) in [4.78, 5) is 22.2. The summed E-state index contributed by atoms with van der Waals surface area (Å²) in [5.41, 5.74) is 0.696. The van der Waals surface area contributed by atoms with Gasteiger partial charge in [0.1, 0.15) is 6.10 Å². The second kappa shape index (κ2) is 3.45. The maximum absolute atomic E-state index is 11.2. The highest BCUT2D eigenvalue weighted by molar-refractivity contribution is 6.14. The van der Waals surface area contributed by atoms with Crippen LogP contribution in [-0.4, -0.2) is 28.8 Å². The van der Waals surface area contributed by atoms with Crippen LogP contribution >= 0.6 is 0 Å². The number of hydrogen-bond donors (Lipinski definition) is 2. The Labute approximate surface area is 84.9 Å². The normalized spacial score (nSPS) is 16.1.